The van der Waals surface area contributed by atoms with Crippen molar-refractivity contribution in [3.8, 4) is 11.5 Å². The summed E-state index contributed by atoms with van der Waals surface area (Å²) in [5, 5.41) is 17.0. The third kappa shape index (κ3) is 4.02. The summed E-state index contributed by atoms with van der Waals surface area (Å²) in [6.45, 7) is -2.73. The lowest BCUT2D eigenvalue weighted by Gasteiger charge is -2.06. The second-order valence-corrected chi connectivity index (χ2v) is 4.67. The van der Waals surface area contributed by atoms with Crippen LogP contribution in [0.1, 0.15) is 6.55 Å². The predicted octanol–water partition coefficient (Wildman–Crippen LogP) is 3.51. The van der Waals surface area contributed by atoms with E-state index >= 15 is 0 Å². The number of ether oxygens (including phenoxy) is 1. The van der Waals surface area contributed by atoms with Crippen molar-refractivity contribution in [3.05, 3.63) is 59.0 Å². The molecule has 3 heterocycles. The van der Waals surface area contributed by atoms with Crippen molar-refractivity contribution in [2.24, 2.45) is 0 Å². The fraction of sp³-hybridized carbons (Fsp3) is 0.0714. The van der Waals surface area contributed by atoms with E-state index < -0.39 is 11.5 Å². The average molecular weight is 348 g/mol. The molecule has 3 aromatic rings. The molecule has 25 heavy (non-hydrogen) atoms. The van der Waals surface area contributed by atoms with E-state index in [0.717, 1.165) is 6.20 Å². The summed E-state index contributed by atoms with van der Waals surface area (Å²) in [5.41, 5.74) is 0. The van der Waals surface area contributed by atoms with E-state index in [9.17, 15) is 18.9 Å². The van der Waals surface area contributed by atoms with Gasteiger partial charge in [-0.25, -0.2) is 9.67 Å². The van der Waals surface area contributed by atoms with Gasteiger partial charge >= 0.3 is 12.4 Å². The quantitative estimate of drug-likeness (QED) is 0.536. The van der Waals surface area contributed by atoms with Crippen LogP contribution in [0.25, 0.3) is 0 Å². The van der Waals surface area contributed by atoms with Crippen LogP contribution in [0.4, 0.5) is 26.2 Å². The molecule has 0 amide bonds. The summed E-state index contributed by atoms with van der Waals surface area (Å²) < 4.78 is 31.0. The van der Waals surface area contributed by atoms with Crippen LogP contribution in [0, 0.1) is 10.1 Å². The second-order valence-electron chi connectivity index (χ2n) is 4.67. The summed E-state index contributed by atoms with van der Waals surface area (Å²) in [4.78, 5) is 17.6. The highest BCUT2D eigenvalue weighted by atomic mass is 19.3. The maximum absolute atomic E-state index is 12.5. The number of anilines is 2. The van der Waals surface area contributed by atoms with Gasteiger partial charge in [0.15, 0.2) is 17.8 Å². The Hall–Kier alpha value is -3.63. The van der Waals surface area contributed by atoms with Crippen molar-refractivity contribution in [2.45, 2.75) is 6.55 Å². The summed E-state index contributed by atoms with van der Waals surface area (Å²) in [6.07, 6.45) is 3.80. The molecule has 9 nitrogen and oxygen atoms in total. The number of alkyl halides is 2. The standard InChI is InChI=1S/C14H10F2N6O3/c15-14(16)21-6-4-11(20-21)19-12-7-9(3-5-17-12)25-10-1-2-13(18-8-10)22(23)24/h1-8,14H,(H,17,19,20). The molecular weight excluding hydrogens is 338 g/mol. The molecular formula is C14H10F2N6O3. The monoisotopic (exact) mass is 348 g/mol. The molecule has 0 aliphatic heterocycles. The number of nitrogens with zero attached hydrogens (tertiary/aromatic N) is 5. The molecule has 0 unspecified atom stereocenters. The Morgan fingerprint density at radius 2 is 2.00 bits per heavy atom. The fourth-order valence-electron chi connectivity index (χ4n) is 1.86. The average Bonchev–Trinajstić information content (AvgIpc) is 3.04. The highest BCUT2D eigenvalue weighted by Crippen LogP contribution is 2.24. The molecule has 0 aromatic carbocycles. The SMILES string of the molecule is O=[N+]([O-])c1ccc(Oc2ccnc(Nc3ccn(C(F)F)n3)c2)cn1. The number of pyridine rings is 2. The van der Waals surface area contributed by atoms with Gasteiger partial charge in [-0.15, -0.1) is 0 Å². The van der Waals surface area contributed by atoms with E-state index in [1.54, 1.807) is 6.07 Å². The lowest BCUT2D eigenvalue weighted by molar-refractivity contribution is -0.389. The first kappa shape index (κ1) is 16.2. The Balaban J connectivity index is 1.71. The molecule has 11 heteroatoms. The van der Waals surface area contributed by atoms with Gasteiger partial charge in [0.1, 0.15) is 11.6 Å². The zero-order chi connectivity index (χ0) is 17.8. The number of nitrogens with one attached hydrogen (secondary N) is 1. The molecule has 1 N–H and O–H groups in total. The van der Waals surface area contributed by atoms with Gasteiger partial charge in [-0.2, -0.15) is 13.9 Å². The van der Waals surface area contributed by atoms with Crippen LogP contribution in [0.2, 0.25) is 0 Å². The first-order valence-corrected chi connectivity index (χ1v) is 6.86. The first-order chi connectivity index (χ1) is 12.0. The van der Waals surface area contributed by atoms with E-state index in [1.807, 2.05) is 0 Å². The largest absolute Gasteiger partial charge is 0.453 e. The third-order valence-corrected chi connectivity index (χ3v) is 2.94. The van der Waals surface area contributed by atoms with Crippen molar-refractivity contribution in [1.82, 2.24) is 19.7 Å². The number of hydrogen-bond acceptors (Lipinski definition) is 7. The zero-order valence-corrected chi connectivity index (χ0v) is 12.4. The zero-order valence-electron chi connectivity index (χ0n) is 12.4. The second kappa shape index (κ2) is 6.86. The Morgan fingerprint density at radius 1 is 1.16 bits per heavy atom. The molecule has 0 fully saturated rings. The van der Waals surface area contributed by atoms with Gasteiger partial charge in [0.2, 0.25) is 0 Å². The fourth-order valence-corrected chi connectivity index (χ4v) is 1.86. The summed E-state index contributed by atoms with van der Waals surface area (Å²) >= 11 is 0. The van der Waals surface area contributed by atoms with Crippen LogP contribution >= 0.6 is 0 Å². The van der Waals surface area contributed by atoms with Crippen LogP contribution in [-0.4, -0.2) is 24.7 Å². The lowest BCUT2D eigenvalue weighted by Crippen LogP contribution is -2.00. The normalized spacial score (nSPS) is 10.7. The van der Waals surface area contributed by atoms with Gasteiger partial charge in [-0.1, -0.05) is 0 Å². The minimum absolute atomic E-state index is 0.196. The molecule has 0 bridgehead atoms. The van der Waals surface area contributed by atoms with Gasteiger partial charge < -0.3 is 20.2 Å². The highest BCUT2D eigenvalue weighted by molar-refractivity contribution is 5.53. The maximum Gasteiger partial charge on any atom is 0.363 e. The van der Waals surface area contributed by atoms with E-state index in [0.29, 0.717) is 22.0 Å². The Bertz CT molecular complexity index is 884. The molecule has 3 aromatic heterocycles. The van der Waals surface area contributed by atoms with Gasteiger partial charge in [-0.05, 0) is 22.0 Å². The van der Waals surface area contributed by atoms with Crippen LogP contribution in [-0.2, 0) is 0 Å². The van der Waals surface area contributed by atoms with E-state index in [4.69, 9.17) is 4.74 Å². The number of nitro groups is 1. The van der Waals surface area contributed by atoms with Crippen LogP contribution in [0.3, 0.4) is 0 Å². The lowest BCUT2D eigenvalue weighted by atomic mass is 10.4. The van der Waals surface area contributed by atoms with Crippen LogP contribution < -0.4 is 10.1 Å². The van der Waals surface area contributed by atoms with Gasteiger partial charge in [0, 0.05) is 30.6 Å². The molecule has 0 saturated carbocycles. The molecule has 0 radical (unpaired) electrons. The van der Waals surface area contributed by atoms with Crippen molar-refractivity contribution >= 4 is 17.5 Å². The predicted molar refractivity (Wildman–Crippen MR) is 82.0 cm³/mol. The number of rotatable bonds is 6. The summed E-state index contributed by atoms with van der Waals surface area (Å²) in [7, 11) is 0. The molecule has 0 saturated heterocycles. The molecule has 0 spiro atoms. The molecule has 0 aliphatic rings. The Morgan fingerprint density at radius 3 is 2.64 bits per heavy atom. The number of aromatic nitrogens is 4. The topological polar surface area (TPSA) is 108 Å². The molecule has 128 valence electrons. The van der Waals surface area contributed by atoms with Gasteiger partial charge in [0.25, 0.3) is 0 Å². The third-order valence-electron chi connectivity index (χ3n) is 2.94. The minimum Gasteiger partial charge on any atom is -0.453 e. The van der Waals surface area contributed by atoms with Crippen molar-refractivity contribution in [3.63, 3.8) is 0 Å². The minimum atomic E-state index is -2.73. The number of halogens is 2. The van der Waals surface area contributed by atoms with Gasteiger partial charge in [-0.3, -0.25) is 0 Å². The van der Waals surface area contributed by atoms with E-state index in [2.05, 4.69) is 20.4 Å². The van der Waals surface area contributed by atoms with E-state index in [1.165, 1.54) is 36.7 Å². The van der Waals surface area contributed by atoms with Crippen molar-refractivity contribution in [2.75, 3.05) is 5.32 Å². The first-order valence-electron chi connectivity index (χ1n) is 6.86. The summed E-state index contributed by atoms with van der Waals surface area (Å²) in [5.74, 6) is 0.902. The van der Waals surface area contributed by atoms with E-state index in [-0.39, 0.29) is 11.6 Å². The Kier molecular flexibility index (Phi) is 4.46. The van der Waals surface area contributed by atoms with Crippen molar-refractivity contribution in [1.29, 1.82) is 0 Å². The number of hydrogen-bond donors (Lipinski definition) is 1. The van der Waals surface area contributed by atoms with Crippen molar-refractivity contribution < 1.29 is 18.4 Å². The molecule has 0 aliphatic carbocycles. The van der Waals surface area contributed by atoms with Crippen LogP contribution in [0.15, 0.2) is 48.9 Å². The smallest absolute Gasteiger partial charge is 0.363 e. The van der Waals surface area contributed by atoms with Crippen LogP contribution in [0.5, 0.6) is 11.5 Å². The highest BCUT2D eigenvalue weighted by Gasteiger charge is 2.10. The Labute approximate surface area is 139 Å². The molecule has 0 atom stereocenters. The summed E-state index contributed by atoms with van der Waals surface area (Å²) in [6, 6.07) is 7.07. The molecule has 3 rings (SSSR count). The maximum atomic E-state index is 12.5. The van der Waals surface area contributed by atoms with Gasteiger partial charge in [0.05, 0.1) is 0 Å².